The van der Waals surface area contributed by atoms with Gasteiger partial charge < -0.3 is 19.5 Å². The summed E-state index contributed by atoms with van der Waals surface area (Å²) in [7, 11) is 0. The van der Waals surface area contributed by atoms with Gasteiger partial charge in [-0.1, -0.05) is 24.3 Å². The van der Waals surface area contributed by atoms with Gasteiger partial charge in [0.15, 0.2) is 11.5 Å². The molecule has 0 saturated heterocycles. The molecule has 0 aliphatic carbocycles. The third-order valence-corrected chi connectivity index (χ3v) is 3.66. The van der Waals surface area contributed by atoms with Gasteiger partial charge in [-0.05, 0) is 55.8 Å². The number of ether oxygens (including phenoxy) is 3. The van der Waals surface area contributed by atoms with E-state index in [4.69, 9.17) is 25.8 Å². The largest absolute Gasteiger partial charge is 0.494 e. The first-order valence-corrected chi connectivity index (χ1v) is 8.71. The Hall–Kier alpha value is -2.33. The van der Waals surface area contributed by atoms with E-state index in [2.05, 4.69) is 11.9 Å². The second-order valence-corrected chi connectivity index (χ2v) is 5.66. The van der Waals surface area contributed by atoms with Gasteiger partial charge in [-0.25, -0.2) is 0 Å². The summed E-state index contributed by atoms with van der Waals surface area (Å²) < 4.78 is 16.7. The number of benzene rings is 2. The van der Waals surface area contributed by atoms with Crippen molar-refractivity contribution in [1.29, 1.82) is 0 Å². The summed E-state index contributed by atoms with van der Waals surface area (Å²) in [4.78, 5) is 0. The van der Waals surface area contributed by atoms with Gasteiger partial charge in [0.1, 0.15) is 12.4 Å². The Morgan fingerprint density at radius 3 is 2.40 bits per heavy atom. The molecule has 2 aromatic rings. The van der Waals surface area contributed by atoms with E-state index < -0.39 is 0 Å². The Kier molecular flexibility index (Phi) is 7.48. The van der Waals surface area contributed by atoms with E-state index in [1.165, 1.54) is 0 Å². The zero-order chi connectivity index (χ0) is 18.1. The van der Waals surface area contributed by atoms with Crippen LogP contribution >= 0.6 is 11.6 Å². The van der Waals surface area contributed by atoms with Gasteiger partial charge in [0.05, 0.1) is 18.2 Å². The Morgan fingerprint density at radius 2 is 1.76 bits per heavy atom. The average molecular weight is 362 g/mol. The molecule has 0 aromatic heterocycles. The fourth-order valence-electron chi connectivity index (χ4n) is 2.31. The van der Waals surface area contributed by atoms with Crippen molar-refractivity contribution in [1.82, 2.24) is 0 Å². The lowest BCUT2D eigenvalue weighted by atomic mass is 10.2. The van der Waals surface area contributed by atoms with Gasteiger partial charge in [0.2, 0.25) is 0 Å². The molecular formula is C20H24ClNO3. The summed E-state index contributed by atoms with van der Waals surface area (Å²) in [5, 5.41) is 3.89. The van der Waals surface area contributed by atoms with Gasteiger partial charge in [-0.3, -0.25) is 0 Å². The maximum atomic E-state index is 6.36. The van der Waals surface area contributed by atoms with E-state index in [1.54, 1.807) is 6.08 Å². The molecule has 0 saturated carbocycles. The number of hydrogen-bond donors (Lipinski definition) is 1. The second kappa shape index (κ2) is 9.84. The van der Waals surface area contributed by atoms with Gasteiger partial charge in [-0.15, -0.1) is 0 Å². The maximum Gasteiger partial charge on any atom is 0.180 e. The molecule has 134 valence electrons. The van der Waals surface area contributed by atoms with Crippen LogP contribution in [0, 0.1) is 0 Å². The number of anilines is 1. The van der Waals surface area contributed by atoms with Crippen LogP contribution in [-0.4, -0.2) is 19.8 Å². The summed E-state index contributed by atoms with van der Waals surface area (Å²) in [5.74, 6) is 2.05. The monoisotopic (exact) mass is 361 g/mol. The van der Waals surface area contributed by atoms with Crippen LogP contribution in [0.3, 0.4) is 0 Å². The fourth-order valence-corrected chi connectivity index (χ4v) is 2.60. The predicted octanol–water partition coefficient (Wildman–Crippen LogP) is 5.31. The molecular weight excluding hydrogens is 338 g/mol. The lowest BCUT2D eigenvalue weighted by molar-refractivity contribution is 0.297. The van der Waals surface area contributed by atoms with Crippen LogP contribution in [-0.2, 0) is 6.54 Å². The molecule has 0 aliphatic heterocycles. The first-order chi connectivity index (χ1) is 12.2. The highest BCUT2D eigenvalue weighted by Gasteiger charge is 2.12. The molecule has 2 rings (SSSR count). The molecule has 0 heterocycles. The number of rotatable bonds is 10. The lowest BCUT2D eigenvalue weighted by Crippen LogP contribution is -2.03. The molecule has 4 nitrogen and oxygen atoms in total. The Labute approximate surface area is 154 Å². The molecule has 5 heteroatoms. The molecule has 0 unspecified atom stereocenters. The number of hydrogen-bond acceptors (Lipinski definition) is 4. The van der Waals surface area contributed by atoms with Gasteiger partial charge in [0, 0.05) is 12.2 Å². The van der Waals surface area contributed by atoms with Gasteiger partial charge in [-0.2, -0.15) is 0 Å². The molecule has 0 aliphatic rings. The smallest absolute Gasteiger partial charge is 0.180 e. The van der Waals surface area contributed by atoms with Gasteiger partial charge in [0.25, 0.3) is 0 Å². The zero-order valence-electron chi connectivity index (χ0n) is 14.7. The van der Waals surface area contributed by atoms with E-state index in [9.17, 15) is 0 Å². The number of halogens is 1. The SMILES string of the molecule is C=CCOc1c(Cl)cc(CNc2ccc(OCC)cc2)cc1OCC. The Balaban J connectivity index is 2.09. The average Bonchev–Trinajstić information content (AvgIpc) is 2.61. The van der Waals surface area contributed by atoms with Crippen molar-refractivity contribution in [3.63, 3.8) is 0 Å². The van der Waals surface area contributed by atoms with E-state index in [0.29, 0.717) is 42.9 Å². The highest BCUT2D eigenvalue weighted by Crippen LogP contribution is 2.37. The minimum Gasteiger partial charge on any atom is -0.494 e. The van der Waals surface area contributed by atoms with Crippen molar-refractivity contribution in [3.8, 4) is 17.2 Å². The van der Waals surface area contributed by atoms with E-state index >= 15 is 0 Å². The summed E-state index contributed by atoms with van der Waals surface area (Å²) >= 11 is 6.36. The molecule has 0 spiro atoms. The van der Waals surface area contributed by atoms with Crippen molar-refractivity contribution < 1.29 is 14.2 Å². The van der Waals surface area contributed by atoms with Crippen LogP contribution in [0.4, 0.5) is 5.69 Å². The predicted molar refractivity (Wildman–Crippen MR) is 103 cm³/mol. The molecule has 25 heavy (non-hydrogen) atoms. The van der Waals surface area contributed by atoms with Crippen LogP contribution in [0.2, 0.25) is 5.02 Å². The second-order valence-electron chi connectivity index (χ2n) is 5.25. The minimum atomic E-state index is 0.379. The minimum absolute atomic E-state index is 0.379. The van der Waals surface area contributed by atoms with Crippen LogP contribution in [0.1, 0.15) is 19.4 Å². The topological polar surface area (TPSA) is 39.7 Å². The molecule has 0 fully saturated rings. The van der Waals surface area contributed by atoms with Crippen molar-refractivity contribution in [3.05, 3.63) is 59.6 Å². The summed E-state index contributed by atoms with van der Waals surface area (Å²) in [6.07, 6.45) is 1.67. The van der Waals surface area contributed by atoms with Crippen LogP contribution in [0.15, 0.2) is 49.1 Å². The lowest BCUT2D eigenvalue weighted by Gasteiger charge is -2.15. The van der Waals surface area contributed by atoms with E-state index in [1.807, 2.05) is 50.2 Å². The van der Waals surface area contributed by atoms with Crippen molar-refractivity contribution >= 4 is 17.3 Å². The third-order valence-electron chi connectivity index (χ3n) is 3.38. The van der Waals surface area contributed by atoms with E-state index in [0.717, 1.165) is 17.0 Å². The summed E-state index contributed by atoms with van der Waals surface area (Å²) in [6, 6.07) is 11.7. The summed E-state index contributed by atoms with van der Waals surface area (Å²) in [5.41, 5.74) is 2.01. The standard InChI is InChI=1S/C20H24ClNO3/c1-4-11-25-20-18(21)12-15(13-19(20)24-6-3)14-22-16-7-9-17(10-8-16)23-5-2/h4,7-10,12-13,22H,1,5-6,11,14H2,2-3H3. The quantitative estimate of drug-likeness (QED) is 0.582. The molecule has 0 radical (unpaired) electrons. The Bertz CT molecular complexity index is 686. The van der Waals surface area contributed by atoms with Crippen molar-refractivity contribution in [2.45, 2.75) is 20.4 Å². The molecule has 0 atom stereocenters. The van der Waals surface area contributed by atoms with Crippen LogP contribution < -0.4 is 19.5 Å². The molecule has 0 bridgehead atoms. The summed E-state index contributed by atoms with van der Waals surface area (Å²) in [6.45, 7) is 9.74. The maximum absolute atomic E-state index is 6.36. The first kappa shape index (κ1) is 19.0. The normalized spacial score (nSPS) is 10.2. The third kappa shape index (κ3) is 5.61. The first-order valence-electron chi connectivity index (χ1n) is 8.33. The molecule has 1 N–H and O–H groups in total. The fraction of sp³-hybridized carbons (Fsp3) is 0.300. The van der Waals surface area contributed by atoms with E-state index in [-0.39, 0.29) is 0 Å². The molecule has 2 aromatic carbocycles. The molecule has 0 amide bonds. The zero-order valence-corrected chi connectivity index (χ0v) is 15.4. The highest BCUT2D eigenvalue weighted by molar-refractivity contribution is 6.32. The van der Waals surface area contributed by atoms with Crippen LogP contribution in [0.5, 0.6) is 17.2 Å². The van der Waals surface area contributed by atoms with Crippen LogP contribution in [0.25, 0.3) is 0 Å². The van der Waals surface area contributed by atoms with Crippen molar-refractivity contribution in [2.24, 2.45) is 0 Å². The highest BCUT2D eigenvalue weighted by atomic mass is 35.5. The Morgan fingerprint density at radius 1 is 1.04 bits per heavy atom. The number of nitrogens with one attached hydrogen (secondary N) is 1. The van der Waals surface area contributed by atoms with Gasteiger partial charge >= 0.3 is 0 Å². The van der Waals surface area contributed by atoms with Crippen molar-refractivity contribution in [2.75, 3.05) is 25.1 Å².